The van der Waals surface area contributed by atoms with Crippen LogP contribution in [0.3, 0.4) is 0 Å². The highest BCUT2D eigenvalue weighted by Gasteiger charge is 1.97. The number of rotatable bonds is 18. The Labute approximate surface area is 153 Å². The van der Waals surface area contributed by atoms with E-state index in [0.717, 1.165) is 13.1 Å². The van der Waals surface area contributed by atoms with Gasteiger partial charge in [-0.3, -0.25) is 0 Å². The first-order valence-electron chi connectivity index (χ1n) is 10.7. The van der Waals surface area contributed by atoms with Gasteiger partial charge in [-0.2, -0.15) is 0 Å². The minimum absolute atomic E-state index is 1.10. The average Bonchev–Trinajstić information content (AvgIpc) is 2.58. The minimum atomic E-state index is 1.10. The van der Waals surface area contributed by atoms with E-state index in [4.69, 9.17) is 0 Å². The predicted octanol–water partition coefficient (Wildman–Crippen LogP) is 6.13. The standard InChI is InChI=1S/C22H46N2/c1-5-7-9-11-13-15-19-23(3)21-17-18-22-24(4)20-16-14-12-10-8-6-2/h17-18H,5-16,19-22H2,1-4H3. The molecule has 2 heteroatoms. The van der Waals surface area contributed by atoms with Crippen LogP contribution in [0.1, 0.15) is 90.9 Å². The van der Waals surface area contributed by atoms with Crippen LogP contribution in [-0.4, -0.2) is 50.1 Å². The maximum absolute atomic E-state index is 2.45. The molecule has 0 N–H and O–H groups in total. The Bertz CT molecular complexity index is 237. The van der Waals surface area contributed by atoms with Crippen LogP contribution in [0, 0.1) is 0 Å². The highest BCUT2D eigenvalue weighted by atomic mass is 15.1. The van der Waals surface area contributed by atoms with Crippen molar-refractivity contribution < 1.29 is 0 Å². The van der Waals surface area contributed by atoms with Gasteiger partial charge in [0.15, 0.2) is 0 Å². The van der Waals surface area contributed by atoms with Gasteiger partial charge in [0.1, 0.15) is 0 Å². The molecule has 0 aromatic rings. The molecule has 0 aliphatic rings. The van der Waals surface area contributed by atoms with Crippen molar-refractivity contribution in [3.8, 4) is 0 Å². The number of likely N-dealkylation sites (N-methyl/N-ethyl adjacent to an activating group) is 2. The second-order valence-corrected chi connectivity index (χ2v) is 7.53. The van der Waals surface area contributed by atoms with Gasteiger partial charge >= 0.3 is 0 Å². The van der Waals surface area contributed by atoms with Crippen molar-refractivity contribution in [2.45, 2.75) is 90.9 Å². The van der Waals surface area contributed by atoms with Crippen molar-refractivity contribution in [3.63, 3.8) is 0 Å². The van der Waals surface area contributed by atoms with E-state index in [2.05, 4.69) is 49.9 Å². The van der Waals surface area contributed by atoms with E-state index in [1.807, 2.05) is 0 Å². The zero-order chi connectivity index (χ0) is 17.9. The number of hydrogen-bond donors (Lipinski definition) is 0. The third kappa shape index (κ3) is 18.0. The van der Waals surface area contributed by atoms with Gasteiger partial charge in [0, 0.05) is 13.1 Å². The van der Waals surface area contributed by atoms with Gasteiger partial charge in [0.25, 0.3) is 0 Å². The second kappa shape index (κ2) is 19.0. The average molecular weight is 339 g/mol. The highest BCUT2D eigenvalue weighted by Crippen LogP contribution is 2.06. The van der Waals surface area contributed by atoms with E-state index in [1.165, 1.54) is 90.1 Å². The van der Waals surface area contributed by atoms with E-state index < -0.39 is 0 Å². The van der Waals surface area contributed by atoms with Crippen molar-refractivity contribution in [1.82, 2.24) is 9.80 Å². The van der Waals surface area contributed by atoms with Gasteiger partial charge in [0.2, 0.25) is 0 Å². The number of nitrogens with zero attached hydrogens (tertiary/aromatic N) is 2. The van der Waals surface area contributed by atoms with Crippen molar-refractivity contribution in [1.29, 1.82) is 0 Å². The lowest BCUT2D eigenvalue weighted by atomic mass is 10.1. The SMILES string of the molecule is CCCCCCCCN(C)CC=CCN(C)CCCCCCCC. The molecule has 0 unspecified atom stereocenters. The Morgan fingerprint density at radius 2 is 0.833 bits per heavy atom. The molecule has 0 radical (unpaired) electrons. The molecule has 24 heavy (non-hydrogen) atoms. The summed E-state index contributed by atoms with van der Waals surface area (Å²) in [5, 5.41) is 0. The summed E-state index contributed by atoms with van der Waals surface area (Å²) in [6, 6.07) is 0. The molecule has 0 saturated carbocycles. The summed E-state index contributed by atoms with van der Waals surface area (Å²) in [5.41, 5.74) is 0. The van der Waals surface area contributed by atoms with Gasteiger partial charge in [-0.25, -0.2) is 0 Å². The molecule has 0 aliphatic carbocycles. The monoisotopic (exact) mass is 338 g/mol. The Kier molecular flexibility index (Phi) is 18.7. The molecule has 0 heterocycles. The van der Waals surface area contributed by atoms with Gasteiger partial charge in [-0.15, -0.1) is 0 Å². The molecule has 0 amide bonds. The third-order valence-electron chi connectivity index (χ3n) is 4.79. The maximum Gasteiger partial charge on any atom is 0.0160 e. The fourth-order valence-corrected chi connectivity index (χ4v) is 3.02. The highest BCUT2D eigenvalue weighted by molar-refractivity contribution is 4.86. The van der Waals surface area contributed by atoms with Crippen LogP contribution in [0.15, 0.2) is 12.2 Å². The summed E-state index contributed by atoms with van der Waals surface area (Å²) in [7, 11) is 4.49. The molecule has 0 aromatic heterocycles. The first-order valence-corrected chi connectivity index (χ1v) is 10.7. The molecular weight excluding hydrogens is 292 g/mol. The summed E-state index contributed by atoms with van der Waals surface area (Å²) in [5.74, 6) is 0. The largest absolute Gasteiger partial charge is 0.303 e. The molecule has 2 nitrogen and oxygen atoms in total. The summed E-state index contributed by atoms with van der Waals surface area (Å²) < 4.78 is 0. The fourth-order valence-electron chi connectivity index (χ4n) is 3.02. The van der Waals surface area contributed by atoms with Crippen LogP contribution in [0.25, 0.3) is 0 Å². The molecule has 0 atom stereocenters. The Morgan fingerprint density at radius 1 is 0.500 bits per heavy atom. The zero-order valence-electron chi connectivity index (χ0n) is 17.4. The Balaban J connectivity index is 3.41. The lowest BCUT2D eigenvalue weighted by Gasteiger charge is -2.16. The third-order valence-corrected chi connectivity index (χ3v) is 4.79. The van der Waals surface area contributed by atoms with Crippen molar-refractivity contribution in [2.75, 3.05) is 40.3 Å². The summed E-state index contributed by atoms with van der Waals surface area (Å²) >= 11 is 0. The molecule has 0 spiro atoms. The minimum Gasteiger partial charge on any atom is -0.303 e. The molecular formula is C22H46N2. The van der Waals surface area contributed by atoms with Crippen LogP contribution in [0.2, 0.25) is 0 Å². The van der Waals surface area contributed by atoms with Crippen LogP contribution in [0.4, 0.5) is 0 Å². The summed E-state index contributed by atoms with van der Waals surface area (Å²) in [6.07, 6.45) is 21.4. The van der Waals surface area contributed by atoms with E-state index in [0.29, 0.717) is 0 Å². The van der Waals surface area contributed by atoms with Crippen molar-refractivity contribution in [2.24, 2.45) is 0 Å². The molecule has 0 saturated heterocycles. The Morgan fingerprint density at radius 3 is 1.21 bits per heavy atom. The number of unbranched alkanes of at least 4 members (excludes halogenated alkanes) is 10. The lowest BCUT2D eigenvalue weighted by molar-refractivity contribution is 0.347. The maximum atomic E-state index is 2.45. The van der Waals surface area contributed by atoms with Crippen LogP contribution >= 0.6 is 0 Å². The van der Waals surface area contributed by atoms with Gasteiger partial charge in [-0.1, -0.05) is 90.2 Å². The fraction of sp³-hybridized carbons (Fsp3) is 0.909. The topological polar surface area (TPSA) is 6.48 Å². The van der Waals surface area contributed by atoms with E-state index in [-0.39, 0.29) is 0 Å². The van der Waals surface area contributed by atoms with E-state index in [9.17, 15) is 0 Å². The van der Waals surface area contributed by atoms with Crippen LogP contribution in [0.5, 0.6) is 0 Å². The van der Waals surface area contributed by atoms with Crippen LogP contribution in [-0.2, 0) is 0 Å². The molecule has 0 bridgehead atoms. The Hall–Kier alpha value is -0.340. The first kappa shape index (κ1) is 23.7. The summed E-state index contributed by atoms with van der Waals surface area (Å²) in [6.45, 7) is 9.24. The molecule has 0 fully saturated rings. The van der Waals surface area contributed by atoms with E-state index in [1.54, 1.807) is 0 Å². The van der Waals surface area contributed by atoms with E-state index >= 15 is 0 Å². The molecule has 144 valence electrons. The smallest absolute Gasteiger partial charge is 0.0160 e. The molecule has 0 aliphatic heterocycles. The normalized spacial score (nSPS) is 12.1. The van der Waals surface area contributed by atoms with Gasteiger partial charge in [0.05, 0.1) is 0 Å². The number of hydrogen-bond acceptors (Lipinski definition) is 2. The second-order valence-electron chi connectivity index (χ2n) is 7.53. The quantitative estimate of drug-likeness (QED) is 0.219. The van der Waals surface area contributed by atoms with Crippen molar-refractivity contribution >= 4 is 0 Å². The zero-order valence-corrected chi connectivity index (χ0v) is 17.4. The first-order chi connectivity index (χ1) is 11.7. The van der Waals surface area contributed by atoms with Gasteiger partial charge in [-0.05, 0) is 40.0 Å². The molecule has 0 aromatic carbocycles. The van der Waals surface area contributed by atoms with Gasteiger partial charge < -0.3 is 9.80 Å². The summed E-state index contributed by atoms with van der Waals surface area (Å²) in [4.78, 5) is 4.90. The predicted molar refractivity (Wildman–Crippen MR) is 111 cm³/mol. The van der Waals surface area contributed by atoms with Crippen molar-refractivity contribution in [3.05, 3.63) is 12.2 Å². The lowest BCUT2D eigenvalue weighted by Crippen LogP contribution is -2.21. The molecule has 0 rings (SSSR count). The van der Waals surface area contributed by atoms with Crippen LogP contribution < -0.4 is 0 Å².